The van der Waals surface area contributed by atoms with Crippen LogP contribution in [0.3, 0.4) is 0 Å². The number of ketones is 1. The molecule has 0 radical (unpaired) electrons. The van der Waals surface area contributed by atoms with E-state index in [1.807, 2.05) is 0 Å². The van der Waals surface area contributed by atoms with Crippen molar-refractivity contribution in [2.24, 2.45) is 0 Å². The van der Waals surface area contributed by atoms with Gasteiger partial charge in [0, 0.05) is 45.8 Å². The summed E-state index contributed by atoms with van der Waals surface area (Å²) in [5.74, 6) is -1.19. The third-order valence-corrected chi connectivity index (χ3v) is 8.68. The normalized spacial score (nSPS) is 20.3. The molecule has 1 amide bonds. The summed E-state index contributed by atoms with van der Waals surface area (Å²) in [6.45, 7) is 4.06. The van der Waals surface area contributed by atoms with Gasteiger partial charge in [-0.15, -0.1) is 0 Å². The zero-order valence-corrected chi connectivity index (χ0v) is 22.6. The molecule has 0 aromatic heterocycles. The number of morpholine rings is 1. The molecule has 0 spiro atoms. The number of Topliss-reactive ketones (excluding diaryl/α,β-unsaturated/α-hetero) is 1. The molecule has 1 atom stereocenters. The Kier molecular flexibility index (Phi) is 8.51. The van der Waals surface area contributed by atoms with Gasteiger partial charge in [0.15, 0.2) is 0 Å². The molecule has 11 heteroatoms. The molecule has 0 saturated carbocycles. The van der Waals surface area contributed by atoms with E-state index in [1.54, 1.807) is 31.4 Å². The van der Waals surface area contributed by atoms with Crippen molar-refractivity contribution in [3.05, 3.63) is 65.2 Å². The van der Waals surface area contributed by atoms with Gasteiger partial charge in [-0.3, -0.25) is 14.5 Å². The van der Waals surface area contributed by atoms with Crippen LogP contribution in [0.25, 0.3) is 5.76 Å². The summed E-state index contributed by atoms with van der Waals surface area (Å²) in [4.78, 5) is 30.3. The van der Waals surface area contributed by atoms with E-state index in [0.717, 1.165) is 23.9 Å². The van der Waals surface area contributed by atoms with E-state index in [4.69, 9.17) is 9.47 Å². The van der Waals surface area contributed by atoms with Crippen LogP contribution in [-0.2, 0) is 24.3 Å². The molecule has 2 aromatic rings. The molecule has 0 bridgehead atoms. The Morgan fingerprint density at radius 1 is 1.03 bits per heavy atom. The molecule has 2 saturated heterocycles. The van der Waals surface area contributed by atoms with Crippen LogP contribution in [0.15, 0.2) is 59.0 Å². The Balaban J connectivity index is 1.68. The number of hydrogen-bond acceptors (Lipinski definition) is 8. The van der Waals surface area contributed by atoms with Gasteiger partial charge >= 0.3 is 0 Å². The van der Waals surface area contributed by atoms with Crippen molar-refractivity contribution in [3.8, 4) is 5.75 Å². The second-order valence-electron chi connectivity index (χ2n) is 9.39. The quantitative estimate of drug-likeness (QED) is 0.290. The molecule has 2 aromatic carbocycles. The minimum atomic E-state index is -3.66. The van der Waals surface area contributed by atoms with E-state index < -0.39 is 27.8 Å². The van der Waals surface area contributed by atoms with Crippen molar-refractivity contribution >= 4 is 27.5 Å². The van der Waals surface area contributed by atoms with E-state index in [2.05, 4.69) is 4.90 Å². The van der Waals surface area contributed by atoms with Gasteiger partial charge in [-0.1, -0.05) is 12.1 Å². The molecule has 2 aliphatic rings. The summed E-state index contributed by atoms with van der Waals surface area (Å²) in [6.07, 6.45) is 0.650. The number of hydrogen-bond donors (Lipinski definition) is 1. The molecule has 0 unspecified atom stereocenters. The van der Waals surface area contributed by atoms with Crippen LogP contribution in [0.5, 0.6) is 5.75 Å². The maximum atomic E-state index is 13.3. The van der Waals surface area contributed by atoms with Gasteiger partial charge in [0.25, 0.3) is 11.7 Å². The van der Waals surface area contributed by atoms with E-state index in [-0.39, 0.29) is 21.8 Å². The summed E-state index contributed by atoms with van der Waals surface area (Å²) in [5.41, 5.74) is 0.868. The van der Waals surface area contributed by atoms with Gasteiger partial charge in [0.1, 0.15) is 11.5 Å². The van der Waals surface area contributed by atoms with Crippen LogP contribution in [-0.4, -0.2) is 99.9 Å². The molecule has 1 N–H and O–H groups in total. The monoisotopic (exact) mass is 543 g/mol. The van der Waals surface area contributed by atoms with Gasteiger partial charge in [-0.05, 0) is 48.4 Å². The summed E-state index contributed by atoms with van der Waals surface area (Å²) >= 11 is 0. The lowest BCUT2D eigenvalue weighted by molar-refractivity contribution is -0.140. The summed E-state index contributed by atoms with van der Waals surface area (Å²) in [7, 11) is 0.743. The smallest absolute Gasteiger partial charge is 0.295 e. The minimum Gasteiger partial charge on any atom is -0.507 e. The number of nitrogens with zero attached hydrogens (tertiary/aromatic N) is 3. The molecule has 2 heterocycles. The van der Waals surface area contributed by atoms with Crippen molar-refractivity contribution in [2.45, 2.75) is 17.4 Å². The Morgan fingerprint density at radius 2 is 1.66 bits per heavy atom. The predicted molar refractivity (Wildman–Crippen MR) is 141 cm³/mol. The molecule has 38 heavy (non-hydrogen) atoms. The summed E-state index contributed by atoms with van der Waals surface area (Å²) in [6, 6.07) is 11.8. The zero-order chi connectivity index (χ0) is 27.4. The number of aliphatic hydroxyl groups is 1. The van der Waals surface area contributed by atoms with Crippen LogP contribution in [0.1, 0.15) is 23.6 Å². The molecule has 2 aliphatic heterocycles. The van der Waals surface area contributed by atoms with Crippen LogP contribution in [0.4, 0.5) is 0 Å². The van der Waals surface area contributed by atoms with Crippen molar-refractivity contribution in [1.82, 2.24) is 14.1 Å². The third kappa shape index (κ3) is 5.60. The van der Waals surface area contributed by atoms with Crippen LogP contribution in [0.2, 0.25) is 0 Å². The van der Waals surface area contributed by atoms with Crippen molar-refractivity contribution in [3.63, 3.8) is 0 Å². The van der Waals surface area contributed by atoms with Crippen molar-refractivity contribution < 1.29 is 32.6 Å². The van der Waals surface area contributed by atoms with Crippen LogP contribution < -0.4 is 4.74 Å². The van der Waals surface area contributed by atoms with E-state index in [1.165, 1.54) is 43.3 Å². The fraction of sp³-hybridized carbons (Fsp3) is 0.407. The molecular weight excluding hydrogens is 510 g/mol. The number of carbonyl (C=O) groups excluding carboxylic acids is 2. The Hall–Kier alpha value is -3.25. The second-order valence-corrected chi connectivity index (χ2v) is 11.5. The first kappa shape index (κ1) is 27.8. The van der Waals surface area contributed by atoms with Gasteiger partial charge in [0.05, 0.1) is 36.8 Å². The SMILES string of the molecule is COc1ccc([C@H]2/C(=C(\O)c3ccc(S(=O)(=O)N(C)C)cc3)C(=O)C(=O)N2CCCN2CCOCC2)cc1. The maximum Gasteiger partial charge on any atom is 0.295 e. The largest absolute Gasteiger partial charge is 0.507 e. The minimum absolute atomic E-state index is 0.0326. The third-order valence-electron chi connectivity index (χ3n) is 6.85. The van der Waals surface area contributed by atoms with Gasteiger partial charge in [0.2, 0.25) is 10.0 Å². The molecular formula is C27H33N3O7S. The fourth-order valence-corrected chi connectivity index (χ4v) is 5.59. The van der Waals surface area contributed by atoms with Crippen LogP contribution >= 0.6 is 0 Å². The average Bonchev–Trinajstić information content (AvgIpc) is 3.18. The predicted octanol–water partition coefficient (Wildman–Crippen LogP) is 2.09. The van der Waals surface area contributed by atoms with E-state index >= 15 is 0 Å². The number of sulfonamides is 1. The number of carbonyl (C=O) groups is 2. The number of ether oxygens (including phenoxy) is 2. The Bertz CT molecular complexity index is 1300. The van der Waals surface area contributed by atoms with Crippen molar-refractivity contribution in [2.75, 3.05) is 60.6 Å². The lowest BCUT2D eigenvalue weighted by Crippen LogP contribution is -2.38. The molecule has 0 aliphatic carbocycles. The maximum absolute atomic E-state index is 13.3. The highest BCUT2D eigenvalue weighted by atomic mass is 32.2. The number of aliphatic hydroxyl groups excluding tert-OH is 1. The summed E-state index contributed by atoms with van der Waals surface area (Å²) < 4.78 is 36.6. The highest BCUT2D eigenvalue weighted by Crippen LogP contribution is 2.40. The lowest BCUT2D eigenvalue weighted by atomic mass is 9.95. The number of methoxy groups -OCH3 is 1. The van der Waals surface area contributed by atoms with Gasteiger partial charge in [-0.2, -0.15) is 0 Å². The van der Waals surface area contributed by atoms with Gasteiger partial charge in [-0.25, -0.2) is 12.7 Å². The molecule has 10 nitrogen and oxygen atoms in total. The topological polar surface area (TPSA) is 117 Å². The number of likely N-dealkylation sites (tertiary alicyclic amines) is 1. The van der Waals surface area contributed by atoms with Crippen molar-refractivity contribution in [1.29, 1.82) is 0 Å². The Labute approximate surface area is 223 Å². The van der Waals surface area contributed by atoms with Crippen LogP contribution in [0, 0.1) is 0 Å². The number of rotatable bonds is 9. The molecule has 2 fully saturated rings. The first-order valence-electron chi connectivity index (χ1n) is 12.4. The summed E-state index contributed by atoms with van der Waals surface area (Å²) in [5, 5.41) is 11.3. The number of benzene rings is 2. The average molecular weight is 544 g/mol. The standard InChI is InChI=1S/C27H33N3O7S/c1-28(2)38(34,35)22-11-7-20(8-12-22)25(31)23-24(19-5-9-21(36-3)10-6-19)30(27(33)26(23)32)14-4-13-29-15-17-37-18-16-29/h5-12,24,31H,4,13-18H2,1-3H3/b25-23+/t24-/m0/s1. The lowest BCUT2D eigenvalue weighted by Gasteiger charge is -2.29. The molecule has 204 valence electrons. The van der Waals surface area contributed by atoms with E-state index in [0.29, 0.717) is 37.5 Å². The first-order chi connectivity index (χ1) is 18.1. The Morgan fingerprint density at radius 3 is 2.24 bits per heavy atom. The highest BCUT2D eigenvalue weighted by molar-refractivity contribution is 7.89. The fourth-order valence-electron chi connectivity index (χ4n) is 4.68. The molecule has 4 rings (SSSR count). The second kappa shape index (κ2) is 11.6. The highest BCUT2D eigenvalue weighted by Gasteiger charge is 2.45. The van der Waals surface area contributed by atoms with Gasteiger partial charge < -0.3 is 19.5 Å². The van der Waals surface area contributed by atoms with E-state index in [9.17, 15) is 23.1 Å². The number of amides is 1. The first-order valence-corrected chi connectivity index (χ1v) is 13.8. The zero-order valence-electron chi connectivity index (χ0n) is 21.8.